The van der Waals surface area contributed by atoms with Crippen molar-refractivity contribution in [2.45, 2.75) is 138 Å². The van der Waals surface area contributed by atoms with Gasteiger partial charge in [-0.3, -0.25) is 14.4 Å². The summed E-state index contributed by atoms with van der Waals surface area (Å²) in [5.41, 5.74) is -2.85. The third-order valence-corrected chi connectivity index (χ3v) is 4.91. The number of hydrogen-bond donors (Lipinski definition) is 3. The lowest BCUT2D eigenvalue weighted by atomic mass is 10.3. The Balaban J connectivity index is -0.000000903. The lowest BCUT2D eigenvalue weighted by Gasteiger charge is -2.13. The Bertz CT molecular complexity index is 830. The monoisotopic (exact) mass is 561 g/mol. The number of hydrogen-bond acceptors (Lipinski definition) is 6. The van der Waals surface area contributed by atoms with Crippen LogP contribution in [0.3, 0.4) is 0 Å². The minimum Gasteiger partial charge on any atom is -0.481 e. The van der Waals surface area contributed by atoms with Gasteiger partial charge in [-0.15, -0.1) is 0 Å². The number of unbranched alkanes of at least 4 members (excludes halogenated alkanes) is 3. The van der Waals surface area contributed by atoms with Gasteiger partial charge < -0.3 is 15.3 Å². The summed E-state index contributed by atoms with van der Waals surface area (Å²) < 4.78 is 2.14. The van der Waals surface area contributed by atoms with Gasteiger partial charge >= 0.3 is 35.0 Å². The Labute approximate surface area is 231 Å². The van der Waals surface area contributed by atoms with Crippen LogP contribution >= 0.6 is 0 Å². The molecule has 1 aromatic rings. The van der Waals surface area contributed by atoms with Crippen LogP contribution in [0.25, 0.3) is 0 Å². The van der Waals surface area contributed by atoms with Crippen molar-refractivity contribution in [3.8, 4) is 0 Å². The summed E-state index contributed by atoms with van der Waals surface area (Å²) in [6, 6.07) is 0. The molecule has 0 aliphatic heterocycles. The van der Waals surface area contributed by atoms with Crippen LogP contribution in [0.4, 0.5) is 0 Å². The van der Waals surface area contributed by atoms with Gasteiger partial charge in [0.2, 0.25) is 0 Å². The molecule has 1 aromatic heterocycles. The Morgan fingerprint density at radius 3 is 0.846 bits per heavy atom. The van der Waals surface area contributed by atoms with Crippen LogP contribution in [0.2, 0.25) is 0 Å². The van der Waals surface area contributed by atoms with Crippen molar-refractivity contribution in [3.05, 3.63) is 31.5 Å². The fraction of sp³-hybridized carbons (Fsp3) is 0.778. The molecule has 3 N–H and O–H groups in total. The van der Waals surface area contributed by atoms with Crippen molar-refractivity contribution in [2.75, 3.05) is 0 Å². The van der Waals surface area contributed by atoms with Gasteiger partial charge in [0.15, 0.2) is 0 Å². The topological polar surface area (TPSA) is 178 Å². The zero-order valence-corrected chi connectivity index (χ0v) is 24.7. The molecule has 0 aliphatic carbocycles. The Morgan fingerprint density at radius 2 is 0.718 bits per heavy atom. The van der Waals surface area contributed by atoms with E-state index in [4.69, 9.17) is 15.3 Å². The van der Waals surface area contributed by atoms with Crippen LogP contribution in [0.5, 0.6) is 0 Å². The van der Waals surface area contributed by atoms with Gasteiger partial charge in [0.25, 0.3) is 0 Å². The van der Waals surface area contributed by atoms with E-state index in [-0.39, 0.29) is 58.2 Å². The second-order valence-electron chi connectivity index (χ2n) is 8.86. The van der Waals surface area contributed by atoms with Gasteiger partial charge in [0, 0.05) is 38.9 Å². The number of aromatic nitrogens is 3. The maximum absolute atomic E-state index is 12.4. The van der Waals surface area contributed by atoms with E-state index in [1.807, 2.05) is 0 Å². The minimum absolute atomic E-state index is 0.0209. The first-order valence-corrected chi connectivity index (χ1v) is 14.0. The van der Waals surface area contributed by atoms with Crippen LogP contribution in [-0.4, -0.2) is 46.9 Å². The first-order valence-electron chi connectivity index (χ1n) is 14.0. The van der Waals surface area contributed by atoms with Crippen molar-refractivity contribution in [2.24, 2.45) is 0 Å². The second-order valence-corrected chi connectivity index (χ2v) is 8.86. The molecule has 0 spiro atoms. The molecule has 0 amide bonds. The summed E-state index contributed by atoms with van der Waals surface area (Å²) in [6.07, 6.45) is 7.04. The van der Waals surface area contributed by atoms with Crippen LogP contribution in [0.15, 0.2) is 14.4 Å². The van der Waals surface area contributed by atoms with E-state index in [0.717, 1.165) is 0 Å². The molecule has 12 heteroatoms. The number of carbonyl (C=O) groups is 3. The summed E-state index contributed by atoms with van der Waals surface area (Å²) in [6.45, 7) is 12.3. The summed E-state index contributed by atoms with van der Waals surface area (Å²) >= 11 is 0. The zero-order valence-electron chi connectivity index (χ0n) is 24.7. The number of carboxylic acid groups (broad SMARTS) is 3. The van der Waals surface area contributed by atoms with Gasteiger partial charge in [-0.2, -0.15) is 0 Å². The van der Waals surface area contributed by atoms with E-state index in [1.165, 1.54) is 38.5 Å². The molecule has 0 saturated heterocycles. The first-order chi connectivity index (χ1) is 18.4. The Morgan fingerprint density at radius 1 is 0.487 bits per heavy atom. The normalized spacial score (nSPS) is 9.69. The Kier molecular flexibility index (Phi) is 27.3. The molecule has 0 fully saturated rings. The predicted molar refractivity (Wildman–Crippen MR) is 152 cm³/mol. The van der Waals surface area contributed by atoms with E-state index >= 15 is 0 Å². The Hall–Kier alpha value is -3.18. The molecular formula is C27H51N3O9. The molecule has 0 aliphatic rings. The quantitative estimate of drug-likeness (QED) is 0.283. The molecule has 12 nitrogen and oxygen atoms in total. The number of carboxylic acids is 3. The van der Waals surface area contributed by atoms with Crippen LogP contribution in [-0.2, 0) is 34.0 Å². The summed E-state index contributed by atoms with van der Waals surface area (Å²) in [5, 5.41) is 26.0. The van der Waals surface area contributed by atoms with Crippen molar-refractivity contribution in [1.82, 2.24) is 13.7 Å². The second kappa shape index (κ2) is 26.4. The first kappa shape index (κ1) is 40.3. The van der Waals surface area contributed by atoms with E-state index in [9.17, 15) is 28.8 Å². The van der Waals surface area contributed by atoms with Gasteiger partial charge in [-0.1, -0.05) is 80.1 Å². The molecule has 0 saturated carbocycles. The molecule has 0 unspecified atom stereocenters. The van der Waals surface area contributed by atoms with Gasteiger partial charge in [-0.25, -0.2) is 28.1 Å². The largest absolute Gasteiger partial charge is 0.481 e. The molecule has 0 aromatic carbocycles. The number of rotatable bonds is 15. The SMILES string of the molecule is CCC.CCCC.CCCCC.O=C(O)CCCn1c(=O)n(CCCC(=O)O)c(=O)n(CCCC(=O)O)c1=O. The lowest BCUT2D eigenvalue weighted by Crippen LogP contribution is -2.54. The van der Waals surface area contributed by atoms with Crippen molar-refractivity contribution >= 4 is 17.9 Å². The van der Waals surface area contributed by atoms with Crippen LogP contribution in [0.1, 0.15) is 119 Å². The highest BCUT2D eigenvalue weighted by Crippen LogP contribution is 1.95. The average molecular weight is 562 g/mol. The van der Waals surface area contributed by atoms with E-state index in [2.05, 4.69) is 41.5 Å². The van der Waals surface area contributed by atoms with E-state index in [1.54, 1.807) is 0 Å². The molecule has 1 heterocycles. The molecule has 39 heavy (non-hydrogen) atoms. The fourth-order valence-electron chi connectivity index (χ4n) is 2.78. The standard InChI is InChI=1S/C15H21N3O9.C5H12.C4H10.C3H8/c19-10(20)4-1-7-16-13(25)17(8-2-5-11(21)22)15(27)18(14(16)26)9-3-6-12(23)24;1-3-5-4-2;1-3-4-2;1-3-2/h1-9H2,(H,19,20)(H,21,22)(H,23,24);3-5H2,1-2H3;3-4H2,1-2H3;3H2,1-2H3. The number of nitrogens with zero attached hydrogens (tertiary/aromatic N) is 3. The van der Waals surface area contributed by atoms with E-state index < -0.39 is 35.0 Å². The van der Waals surface area contributed by atoms with Crippen molar-refractivity contribution in [3.63, 3.8) is 0 Å². The molecule has 0 radical (unpaired) electrons. The summed E-state index contributed by atoms with van der Waals surface area (Å²) in [7, 11) is 0. The third kappa shape index (κ3) is 21.4. The molecule has 228 valence electrons. The lowest BCUT2D eigenvalue weighted by molar-refractivity contribution is -0.138. The van der Waals surface area contributed by atoms with Crippen molar-refractivity contribution < 1.29 is 29.7 Å². The van der Waals surface area contributed by atoms with Gasteiger partial charge in [0.1, 0.15) is 0 Å². The van der Waals surface area contributed by atoms with Crippen LogP contribution < -0.4 is 17.1 Å². The van der Waals surface area contributed by atoms with E-state index in [0.29, 0.717) is 13.7 Å². The smallest absolute Gasteiger partial charge is 0.336 e. The fourth-order valence-corrected chi connectivity index (χ4v) is 2.78. The maximum Gasteiger partial charge on any atom is 0.336 e. The minimum atomic E-state index is -1.11. The van der Waals surface area contributed by atoms with Crippen LogP contribution in [0, 0.1) is 0 Å². The molecular weight excluding hydrogens is 510 g/mol. The van der Waals surface area contributed by atoms with Crippen molar-refractivity contribution in [1.29, 1.82) is 0 Å². The molecule has 0 atom stereocenters. The highest BCUT2D eigenvalue weighted by Gasteiger charge is 2.16. The summed E-state index contributed by atoms with van der Waals surface area (Å²) in [4.78, 5) is 69.1. The highest BCUT2D eigenvalue weighted by molar-refractivity contribution is 5.67. The van der Waals surface area contributed by atoms with Gasteiger partial charge in [0.05, 0.1) is 0 Å². The summed E-state index contributed by atoms with van der Waals surface area (Å²) in [5.74, 6) is -3.33. The maximum atomic E-state index is 12.4. The zero-order chi connectivity index (χ0) is 30.8. The van der Waals surface area contributed by atoms with Gasteiger partial charge in [-0.05, 0) is 19.3 Å². The predicted octanol–water partition coefficient (Wildman–Crippen LogP) is 4.19. The average Bonchev–Trinajstić information content (AvgIpc) is 2.86. The molecule has 0 bridgehead atoms. The molecule has 1 rings (SSSR count). The number of aliphatic carboxylic acids is 3. The highest BCUT2D eigenvalue weighted by atomic mass is 16.4. The third-order valence-electron chi connectivity index (χ3n) is 4.91.